The highest BCUT2D eigenvalue weighted by Gasteiger charge is 2.34. The van der Waals surface area contributed by atoms with E-state index in [0.717, 1.165) is 53.7 Å². The van der Waals surface area contributed by atoms with Gasteiger partial charge < -0.3 is 30.6 Å². The average Bonchev–Trinajstić information content (AvgIpc) is 3.37. The maximum atomic E-state index is 12.2. The van der Waals surface area contributed by atoms with Gasteiger partial charge in [-0.1, -0.05) is 0 Å². The third-order valence-corrected chi connectivity index (χ3v) is 7.24. The fourth-order valence-corrected chi connectivity index (χ4v) is 4.74. The number of carboxylic acid groups (broad SMARTS) is 1. The lowest BCUT2D eigenvalue weighted by molar-refractivity contribution is -0.141. The first-order valence-corrected chi connectivity index (χ1v) is 12.8. The van der Waals surface area contributed by atoms with E-state index in [9.17, 15) is 24.6 Å². The Bertz CT molecular complexity index is 1130. The zero-order valence-electron chi connectivity index (χ0n) is 22.1. The molecule has 2 atom stereocenters. The third-order valence-electron chi connectivity index (χ3n) is 7.24. The van der Waals surface area contributed by atoms with E-state index in [1.807, 2.05) is 20.8 Å². The first kappa shape index (κ1) is 28.0. The van der Waals surface area contributed by atoms with E-state index in [4.69, 9.17) is 4.74 Å². The van der Waals surface area contributed by atoms with Gasteiger partial charge in [0, 0.05) is 43.3 Å². The molecular weight excluding hydrogens is 476 g/mol. The van der Waals surface area contributed by atoms with Crippen molar-refractivity contribution in [3.63, 3.8) is 0 Å². The summed E-state index contributed by atoms with van der Waals surface area (Å²) in [6.45, 7) is 8.05. The van der Waals surface area contributed by atoms with Crippen LogP contribution in [0.25, 0.3) is 0 Å². The molecule has 10 heteroatoms. The molecule has 1 aromatic carbocycles. The monoisotopic (exact) mass is 514 g/mol. The highest BCUT2D eigenvalue weighted by Crippen LogP contribution is 2.44. The number of aliphatic carboxylic acids is 1. The number of fused-ring (bicyclic) bond motifs is 1. The zero-order valence-corrected chi connectivity index (χ0v) is 22.1. The van der Waals surface area contributed by atoms with Crippen molar-refractivity contribution in [2.24, 2.45) is 0 Å². The van der Waals surface area contributed by atoms with E-state index < -0.39 is 17.9 Å². The number of hydrogen-bond donors (Lipinski definition) is 5. The van der Waals surface area contributed by atoms with Crippen LogP contribution in [0.15, 0.2) is 12.5 Å². The van der Waals surface area contributed by atoms with Crippen molar-refractivity contribution in [2.45, 2.75) is 90.7 Å². The van der Waals surface area contributed by atoms with Crippen molar-refractivity contribution < 1.29 is 29.3 Å². The smallest absolute Gasteiger partial charge is 0.326 e. The number of unbranched alkanes of at least 4 members (excludes halogenated alkanes) is 1. The van der Waals surface area contributed by atoms with Gasteiger partial charge in [-0.15, -0.1) is 0 Å². The fourth-order valence-electron chi connectivity index (χ4n) is 4.74. The number of aromatic nitrogens is 2. The maximum Gasteiger partial charge on any atom is 0.326 e. The molecule has 1 aromatic heterocycles. The van der Waals surface area contributed by atoms with Crippen molar-refractivity contribution in [1.29, 1.82) is 0 Å². The molecule has 0 aliphatic carbocycles. The number of aromatic hydroxyl groups is 1. The molecule has 0 fully saturated rings. The van der Waals surface area contributed by atoms with E-state index >= 15 is 0 Å². The summed E-state index contributed by atoms with van der Waals surface area (Å²) in [5.74, 6) is -0.485. The number of rotatable bonds is 12. The normalized spacial score (nSPS) is 17.4. The SMILES string of the molecule is Cc1c(C)c2c(c(C)c1O)CC[C@@](C)(CCCCC(=O)NCCC(=O)NC(Cc1cnc[nH]1)C(=O)O)O2. The Morgan fingerprint density at radius 2 is 1.89 bits per heavy atom. The standard InChI is InChI=1S/C27H38N4O6/c1-16-17(2)25-20(18(3)24(16)34)8-11-27(4,37-25)10-6-5-7-22(32)29-12-9-23(33)31-21(26(35)36)13-19-14-28-15-30-19/h14-15,21,34H,5-13H2,1-4H3,(H,28,30)(H,29,32)(H,31,33)(H,35,36)/t21?,27-/m1/s1. The number of aromatic amines is 1. The highest BCUT2D eigenvalue weighted by molar-refractivity contribution is 5.84. The molecule has 37 heavy (non-hydrogen) atoms. The summed E-state index contributed by atoms with van der Waals surface area (Å²) < 4.78 is 6.44. The minimum absolute atomic E-state index is 0.00243. The Balaban J connectivity index is 1.36. The van der Waals surface area contributed by atoms with Crippen molar-refractivity contribution in [1.82, 2.24) is 20.6 Å². The number of phenolic OH excluding ortho intramolecular Hbond substituents is 1. The molecule has 0 radical (unpaired) electrons. The Kier molecular flexibility index (Phi) is 9.18. The molecule has 5 N–H and O–H groups in total. The van der Waals surface area contributed by atoms with E-state index in [-0.39, 0.29) is 30.9 Å². The number of ether oxygens (including phenoxy) is 1. The maximum absolute atomic E-state index is 12.2. The van der Waals surface area contributed by atoms with Gasteiger partial charge in [0.1, 0.15) is 23.1 Å². The van der Waals surface area contributed by atoms with Gasteiger partial charge >= 0.3 is 5.97 Å². The summed E-state index contributed by atoms with van der Waals surface area (Å²) in [5.41, 5.74) is 4.08. The number of imidazole rings is 1. The molecule has 2 aromatic rings. The van der Waals surface area contributed by atoms with Gasteiger partial charge in [0.15, 0.2) is 0 Å². The average molecular weight is 515 g/mol. The zero-order chi connectivity index (χ0) is 27.2. The van der Waals surface area contributed by atoms with Crippen LogP contribution in [0.3, 0.4) is 0 Å². The molecule has 10 nitrogen and oxygen atoms in total. The molecule has 1 unspecified atom stereocenters. The number of H-pyrrole nitrogens is 1. The third kappa shape index (κ3) is 7.24. The molecule has 0 saturated carbocycles. The fraction of sp³-hybridized carbons (Fsp3) is 0.556. The summed E-state index contributed by atoms with van der Waals surface area (Å²) in [6, 6.07) is -1.07. The second-order valence-electron chi connectivity index (χ2n) is 10.1. The number of hydrogen-bond acceptors (Lipinski definition) is 6. The summed E-state index contributed by atoms with van der Waals surface area (Å²) >= 11 is 0. The predicted molar refractivity (Wildman–Crippen MR) is 138 cm³/mol. The molecule has 202 valence electrons. The van der Waals surface area contributed by atoms with Gasteiger partial charge in [-0.3, -0.25) is 9.59 Å². The van der Waals surface area contributed by atoms with Crippen molar-refractivity contribution in [3.8, 4) is 11.5 Å². The molecule has 0 spiro atoms. The number of nitrogens with one attached hydrogen (secondary N) is 3. The van der Waals surface area contributed by atoms with Crippen molar-refractivity contribution in [2.75, 3.05) is 6.54 Å². The number of carbonyl (C=O) groups is 3. The Morgan fingerprint density at radius 3 is 2.57 bits per heavy atom. The summed E-state index contributed by atoms with van der Waals surface area (Å²) in [4.78, 5) is 42.4. The van der Waals surface area contributed by atoms with E-state index in [1.54, 1.807) is 0 Å². The van der Waals surface area contributed by atoms with Crippen LogP contribution >= 0.6 is 0 Å². The van der Waals surface area contributed by atoms with E-state index in [1.165, 1.54) is 12.5 Å². The number of carbonyl (C=O) groups excluding carboxylic acids is 2. The van der Waals surface area contributed by atoms with Gasteiger partial charge in [0.05, 0.1) is 6.33 Å². The second-order valence-corrected chi connectivity index (χ2v) is 10.1. The number of benzene rings is 1. The second kappa shape index (κ2) is 12.1. The molecule has 0 saturated heterocycles. The molecule has 1 aliphatic rings. The highest BCUT2D eigenvalue weighted by atomic mass is 16.5. The molecule has 3 rings (SSSR count). The molecule has 0 bridgehead atoms. The van der Waals surface area contributed by atoms with Crippen LogP contribution < -0.4 is 15.4 Å². The van der Waals surface area contributed by atoms with Gasteiger partial charge in [0.25, 0.3) is 0 Å². The van der Waals surface area contributed by atoms with Gasteiger partial charge in [-0.2, -0.15) is 0 Å². The van der Waals surface area contributed by atoms with Crippen LogP contribution in [0.5, 0.6) is 11.5 Å². The van der Waals surface area contributed by atoms with Crippen LogP contribution in [-0.2, 0) is 27.2 Å². The predicted octanol–water partition coefficient (Wildman–Crippen LogP) is 3.00. The minimum atomic E-state index is -1.13. The molecule has 2 amide bonds. The van der Waals surface area contributed by atoms with Gasteiger partial charge in [0.2, 0.25) is 11.8 Å². The summed E-state index contributed by atoms with van der Waals surface area (Å²) in [6.07, 6.45) is 7.43. The first-order valence-electron chi connectivity index (χ1n) is 12.8. The lowest BCUT2D eigenvalue weighted by Gasteiger charge is -2.38. The number of carboxylic acids is 1. The molecule has 2 heterocycles. The van der Waals surface area contributed by atoms with Crippen LogP contribution in [0, 0.1) is 20.8 Å². The van der Waals surface area contributed by atoms with Crippen LogP contribution in [0.1, 0.15) is 73.4 Å². The largest absolute Gasteiger partial charge is 0.507 e. The van der Waals surface area contributed by atoms with Crippen LogP contribution in [0.4, 0.5) is 0 Å². The van der Waals surface area contributed by atoms with Crippen LogP contribution in [-0.4, -0.2) is 56.2 Å². The summed E-state index contributed by atoms with van der Waals surface area (Å²) in [7, 11) is 0. The van der Waals surface area contributed by atoms with E-state index in [0.29, 0.717) is 24.3 Å². The first-order chi connectivity index (χ1) is 17.5. The Hall–Kier alpha value is -3.56. The Labute approximate surface area is 217 Å². The molecular formula is C27H38N4O6. The van der Waals surface area contributed by atoms with Gasteiger partial charge in [-0.25, -0.2) is 9.78 Å². The minimum Gasteiger partial charge on any atom is -0.507 e. The van der Waals surface area contributed by atoms with Crippen molar-refractivity contribution in [3.05, 3.63) is 40.5 Å². The quantitative estimate of drug-likeness (QED) is 0.273. The number of amides is 2. The lowest BCUT2D eigenvalue weighted by Crippen LogP contribution is -2.43. The van der Waals surface area contributed by atoms with Gasteiger partial charge in [-0.05, 0) is 76.5 Å². The number of phenols is 1. The molecule has 1 aliphatic heterocycles. The van der Waals surface area contributed by atoms with Crippen LogP contribution in [0.2, 0.25) is 0 Å². The summed E-state index contributed by atoms with van der Waals surface area (Å²) in [5, 5.41) is 24.9. The van der Waals surface area contributed by atoms with E-state index in [2.05, 4.69) is 27.5 Å². The number of nitrogens with zero attached hydrogens (tertiary/aromatic N) is 1. The lowest BCUT2D eigenvalue weighted by atomic mass is 9.84. The Morgan fingerprint density at radius 1 is 1.14 bits per heavy atom. The van der Waals surface area contributed by atoms with Crippen molar-refractivity contribution >= 4 is 17.8 Å². The topological polar surface area (TPSA) is 154 Å².